The van der Waals surface area contributed by atoms with Crippen LogP contribution in [0.4, 0.5) is 0 Å². The van der Waals surface area contributed by atoms with Crippen LogP contribution in [-0.4, -0.2) is 35.4 Å². The minimum atomic E-state index is -0.915. The lowest BCUT2D eigenvalue weighted by Crippen LogP contribution is -1.98. The zero-order valence-electron chi connectivity index (χ0n) is 22.2. The molecule has 0 bridgehead atoms. The second kappa shape index (κ2) is 14.2. The Balaban J connectivity index is 1.00. The van der Waals surface area contributed by atoms with Gasteiger partial charge >= 0.3 is 11.9 Å². The van der Waals surface area contributed by atoms with Gasteiger partial charge in [0.1, 0.15) is 11.5 Å². The monoisotopic (exact) mass is 528 g/mol. The molecule has 6 nitrogen and oxygen atoms in total. The molecule has 204 valence electrons. The molecule has 4 rings (SSSR count). The first-order valence-corrected chi connectivity index (χ1v) is 13.8. The van der Waals surface area contributed by atoms with Crippen LogP contribution < -0.4 is 9.47 Å². The molecule has 39 heavy (non-hydrogen) atoms. The molecule has 4 aromatic rings. The molecular formula is C33H36O6. The molecule has 0 aliphatic heterocycles. The standard InChI is InChI=1S/C33H36O6/c34-32(35)28-12-10-26-22-30(16-14-24(26)20-28)38-18-8-6-4-2-1-3-5-7-9-19-39-31-17-15-25-21-29(33(36)37)13-11-27(25)23-31/h10-17,20-23H,1-9,18-19H2,(H,34,35)(H,36,37). The molecule has 6 heteroatoms. The lowest BCUT2D eigenvalue weighted by Gasteiger charge is -2.08. The van der Waals surface area contributed by atoms with Crippen LogP contribution in [0.2, 0.25) is 0 Å². The molecule has 2 N–H and O–H groups in total. The summed E-state index contributed by atoms with van der Waals surface area (Å²) in [7, 11) is 0. The van der Waals surface area contributed by atoms with Gasteiger partial charge in [-0.15, -0.1) is 0 Å². The molecule has 0 saturated heterocycles. The van der Waals surface area contributed by atoms with Gasteiger partial charge in [0.25, 0.3) is 0 Å². The summed E-state index contributed by atoms with van der Waals surface area (Å²) < 4.78 is 11.8. The van der Waals surface area contributed by atoms with Crippen molar-refractivity contribution in [2.45, 2.75) is 57.8 Å². The lowest BCUT2D eigenvalue weighted by atomic mass is 10.1. The molecule has 0 atom stereocenters. The topological polar surface area (TPSA) is 93.1 Å². The zero-order chi connectivity index (χ0) is 27.5. The minimum Gasteiger partial charge on any atom is -0.494 e. The third-order valence-corrected chi connectivity index (χ3v) is 6.94. The Hall–Kier alpha value is -4.06. The highest BCUT2D eigenvalue weighted by Gasteiger charge is 2.06. The lowest BCUT2D eigenvalue weighted by molar-refractivity contribution is 0.0686. The van der Waals surface area contributed by atoms with Crippen molar-refractivity contribution in [2.24, 2.45) is 0 Å². The van der Waals surface area contributed by atoms with E-state index in [2.05, 4.69) is 0 Å². The van der Waals surface area contributed by atoms with E-state index in [1.54, 1.807) is 24.3 Å². The normalized spacial score (nSPS) is 11.1. The summed E-state index contributed by atoms with van der Waals surface area (Å²) in [5.74, 6) is -0.183. The number of rotatable bonds is 16. The molecule has 0 radical (unpaired) electrons. The van der Waals surface area contributed by atoms with Gasteiger partial charge in [0.2, 0.25) is 0 Å². The van der Waals surface area contributed by atoms with Gasteiger partial charge in [-0.2, -0.15) is 0 Å². The van der Waals surface area contributed by atoms with E-state index < -0.39 is 11.9 Å². The van der Waals surface area contributed by atoms with Crippen molar-refractivity contribution in [1.29, 1.82) is 0 Å². The van der Waals surface area contributed by atoms with E-state index in [0.717, 1.165) is 58.7 Å². The summed E-state index contributed by atoms with van der Waals surface area (Å²) in [4.78, 5) is 22.2. The number of aromatic carboxylic acids is 2. The largest absolute Gasteiger partial charge is 0.494 e. The second-order valence-electron chi connectivity index (χ2n) is 9.94. The van der Waals surface area contributed by atoms with E-state index in [0.29, 0.717) is 24.3 Å². The fraction of sp³-hybridized carbons (Fsp3) is 0.333. The van der Waals surface area contributed by atoms with Gasteiger partial charge in [0.05, 0.1) is 24.3 Å². The predicted octanol–water partition coefficient (Wildman–Crippen LogP) is 8.36. The molecule has 0 aliphatic carbocycles. The maximum atomic E-state index is 11.1. The van der Waals surface area contributed by atoms with Gasteiger partial charge in [-0.3, -0.25) is 0 Å². The van der Waals surface area contributed by atoms with Crippen molar-refractivity contribution in [3.63, 3.8) is 0 Å². The smallest absolute Gasteiger partial charge is 0.335 e. The Bertz CT molecular complexity index is 1300. The molecular weight excluding hydrogens is 492 g/mol. The van der Waals surface area contributed by atoms with Gasteiger partial charge in [0.15, 0.2) is 0 Å². The van der Waals surface area contributed by atoms with Crippen LogP contribution in [0.3, 0.4) is 0 Å². The number of carboxylic acid groups (broad SMARTS) is 2. The number of fused-ring (bicyclic) bond motifs is 2. The van der Waals surface area contributed by atoms with Crippen LogP contribution in [0.25, 0.3) is 21.5 Å². The summed E-state index contributed by atoms with van der Waals surface area (Å²) in [5.41, 5.74) is 0.590. The van der Waals surface area contributed by atoms with E-state index in [4.69, 9.17) is 19.7 Å². The summed E-state index contributed by atoms with van der Waals surface area (Å²) in [5, 5.41) is 22.0. The highest BCUT2D eigenvalue weighted by molar-refractivity contribution is 5.95. The van der Waals surface area contributed by atoms with Crippen molar-refractivity contribution < 1.29 is 29.3 Å². The average Bonchev–Trinajstić information content (AvgIpc) is 2.94. The van der Waals surface area contributed by atoms with Crippen LogP contribution in [0, 0.1) is 0 Å². The van der Waals surface area contributed by atoms with Crippen molar-refractivity contribution in [2.75, 3.05) is 13.2 Å². The van der Waals surface area contributed by atoms with Crippen LogP contribution in [-0.2, 0) is 0 Å². The van der Waals surface area contributed by atoms with Crippen LogP contribution in [0.1, 0.15) is 78.5 Å². The molecule has 0 fully saturated rings. The van der Waals surface area contributed by atoms with E-state index in [-0.39, 0.29) is 0 Å². The van der Waals surface area contributed by atoms with Crippen LogP contribution in [0.5, 0.6) is 11.5 Å². The van der Waals surface area contributed by atoms with Crippen molar-refractivity contribution in [3.05, 3.63) is 83.9 Å². The van der Waals surface area contributed by atoms with Gasteiger partial charge in [-0.25, -0.2) is 9.59 Å². The zero-order valence-corrected chi connectivity index (χ0v) is 22.2. The summed E-state index contributed by atoms with van der Waals surface area (Å²) in [6, 6.07) is 21.8. The molecule has 4 aromatic carbocycles. The third kappa shape index (κ3) is 8.47. The first kappa shape index (κ1) is 28.0. The average molecular weight is 529 g/mol. The third-order valence-electron chi connectivity index (χ3n) is 6.94. The van der Waals surface area contributed by atoms with Crippen LogP contribution >= 0.6 is 0 Å². The molecule has 0 spiro atoms. The van der Waals surface area contributed by atoms with Crippen molar-refractivity contribution >= 4 is 33.5 Å². The Morgan fingerprint density at radius 2 is 0.795 bits per heavy atom. The number of carbonyl (C=O) groups is 2. The van der Waals surface area contributed by atoms with Gasteiger partial charge in [-0.05, 0) is 82.9 Å². The van der Waals surface area contributed by atoms with Gasteiger partial charge < -0.3 is 19.7 Å². The number of benzene rings is 4. The highest BCUT2D eigenvalue weighted by atomic mass is 16.5. The van der Waals surface area contributed by atoms with E-state index >= 15 is 0 Å². The number of unbranched alkanes of at least 4 members (excludes halogenated alkanes) is 8. The number of carboxylic acids is 2. The molecule has 0 unspecified atom stereocenters. The van der Waals surface area contributed by atoms with E-state index in [1.807, 2.05) is 48.5 Å². The van der Waals surface area contributed by atoms with E-state index in [9.17, 15) is 9.59 Å². The van der Waals surface area contributed by atoms with Crippen LogP contribution in [0.15, 0.2) is 72.8 Å². The van der Waals surface area contributed by atoms with Crippen molar-refractivity contribution in [1.82, 2.24) is 0 Å². The summed E-state index contributed by atoms with van der Waals surface area (Å²) in [6.45, 7) is 1.39. The maximum Gasteiger partial charge on any atom is 0.335 e. The molecule has 0 saturated carbocycles. The second-order valence-corrected chi connectivity index (χ2v) is 9.94. The SMILES string of the molecule is O=C(O)c1ccc2cc(OCCCCCCCCCCCOc3ccc4cc(C(=O)O)ccc4c3)ccc2c1. The van der Waals surface area contributed by atoms with Gasteiger partial charge in [-0.1, -0.05) is 69.2 Å². The fourth-order valence-electron chi connectivity index (χ4n) is 4.71. The Morgan fingerprint density at radius 3 is 1.18 bits per heavy atom. The molecule has 0 heterocycles. The predicted molar refractivity (Wildman–Crippen MR) is 154 cm³/mol. The van der Waals surface area contributed by atoms with Gasteiger partial charge in [0, 0.05) is 0 Å². The fourth-order valence-corrected chi connectivity index (χ4v) is 4.71. The highest BCUT2D eigenvalue weighted by Crippen LogP contribution is 2.24. The van der Waals surface area contributed by atoms with E-state index in [1.165, 1.54) is 32.1 Å². The first-order valence-electron chi connectivity index (χ1n) is 13.8. The maximum absolute atomic E-state index is 11.1. The number of ether oxygens (including phenoxy) is 2. The molecule has 0 aromatic heterocycles. The molecule has 0 aliphatic rings. The quantitative estimate of drug-likeness (QED) is 0.142. The Kier molecular flexibility index (Phi) is 10.2. The Morgan fingerprint density at radius 1 is 0.462 bits per heavy atom. The minimum absolute atomic E-state index is 0.295. The van der Waals surface area contributed by atoms with Crippen molar-refractivity contribution in [3.8, 4) is 11.5 Å². The summed E-state index contributed by atoms with van der Waals surface area (Å²) in [6.07, 6.45) is 10.6. The molecule has 0 amide bonds. The number of hydrogen-bond acceptors (Lipinski definition) is 4. The Labute approximate surface area is 229 Å². The first-order chi connectivity index (χ1) is 19.0. The summed E-state index contributed by atoms with van der Waals surface area (Å²) >= 11 is 0. The number of hydrogen-bond donors (Lipinski definition) is 2.